The van der Waals surface area contributed by atoms with Crippen LogP contribution in [-0.4, -0.2) is 53.4 Å². The summed E-state index contributed by atoms with van der Waals surface area (Å²) in [6.07, 6.45) is -1.33. The second-order valence-corrected chi connectivity index (χ2v) is 12.6. The predicted molar refractivity (Wildman–Crippen MR) is 169 cm³/mol. The van der Waals surface area contributed by atoms with Crippen LogP contribution in [0.2, 0.25) is 5.02 Å². The van der Waals surface area contributed by atoms with Crippen LogP contribution in [0.4, 0.5) is 26.3 Å². The van der Waals surface area contributed by atoms with E-state index in [1.54, 1.807) is 0 Å². The van der Waals surface area contributed by atoms with E-state index in [2.05, 4.69) is 20.8 Å². The summed E-state index contributed by atoms with van der Waals surface area (Å²) in [4.78, 5) is 39.2. The van der Waals surface area contributed by atoms with Crippen molar-refractivity contribution in [1.82, 2.24) is 34.8 Å². The molecule has 4 aromatic rings. The third-order valence-corrected chi connectivity index (χ3v) is 7.99. The first kappa shape index (κ1) is 37.5. The van der Waals surface area contributed by atoms with Gasteiger partial charge in [0.25, 0.3) is 5.91 Å². The lowest BCUT2D eigenvalue weighted by atomic mass is 9.99. The van der Waals surface area contributed by atoms with Gasteiger partial charge >= 0.3 is 12.7 Å². The highest BCUT2D eigenvalue weighted by Gasteiger charge is 2.37. The van der Waals surface area contributed by atoms with E-state index in [4.69, 9.17) is 23.2 Å². The molecule has 3 aromatic heterocycles. The zero-order chi connectivity index (χ0) is 36.3. The van der Waals surface area contributed by atoms with Gasteiger partial charge in [0.2, 0.25) is 11.5 Å². The average Bonchev–Trinajstić information content (AvgIpc) is 3.65. The van der Waals surface area contributed by atoms with Gasteiger partial charge in [-0.05, 0) is 62.1 Å². The quantitative estimate of drug-likeness (QED) is 0.134. The first-order valence-corrected chi connectivity index (χ1v) is 15.6. The van der Waals surface area contributed by atoms with Gasteiger partial charge in [0, 0.05) is 48.4 Å². The predicted octanol–water partition coefficient (Wildman–Crippen LogP) is 5.76. The molecule has 2 amide bonds. The van der Waals surface area contributed by atoms with Crippen LogP contribution in [0.1, 0.15) is 54.0 Å². The van der Waals surface area contributed by atoms with Gasteiger partial charge in [-0.15, -0.1) is 11.6 Å². The van der Waals surface area contributed by atoms with Gasteiger partial charge in [-0.3, -0.25) is 19.1 Å². The van der Waals surface area contributed by atoms with E-state index < -0.39 is 58.8 Å². The van der Waals surface area contributed by atoms with Crippen molar-refractivity contribution in [3.8, 4) is 11.3 Å². The summed E-state index contributed by atoms with van der Waals surface area (Å²) in [7, 11) is 1.43. The summed E-state index contributed by atoms with van der Waals surface area (Å²) in [5.41, 5.74) is -2.90. The fourth-order valence-electron chi connectivity index (χ4n) is 5.08. The van der Waals surface area contributed by atoms with Gasteiger partial charge in [0.05, 0.1) is 29.5 Å². The number of nitrogens with zero attached hydrogens (tertiary/aromatic N) is 5. The Kier molecular flexibility index (Phi) is 11.5. The second kappa shape index (κ2) is 15.1. The summed E-state index contributed by atoms with van der Waals surface area (Å²) in [6.45, 7) is -0.350. The standard InChI is InChI=1S/C31H31Cl2F6N7O3/c1-30(2,16-46-23(12-24(43-46)31(37,38)39)18-6-9-25(47)44(3)15-18)42-27(48)22(11-17-13-40-45(14-17)29(35)36)41-28(49)26-19(5-4-10-32)20(33)7-8-21(26)34/h6-9,12-15,22,29H,4-5,10-11,16H2,1-3H3,(H,41,49)(H,42,48)/t22-/m1/s1. The Morgan fingerprint density at radius 1 is 1.08 bits per heavy atom. The molecule has 0 saturated carbocycles. The van der Waals surface area contributed by atoms with Crippen LogP contribution in [0.25, 0.3) is 11.3 Å². The van der Waals surface area contributed by atoms with Gasteiger partial charge < -0.3 is 15.2 Å². The number of rotatable bonds is 13. The molecule has 0 saturated heterocycles. The molecule has 49 heavy (non-hydrogen) atoms. The molecule has 264 valence electrons. The number of aryl methyl sites for hydroxylation is 1. The van der Waals surface area contributed by atoms with Gasteiger partial charge in [-0.2, -0.15) is 32.1 Å². The lowest BCUT2D eigenvalue weighted by Gasteiger charge is -2.30. The smallest absolute Gasteiger partial charge is 0.348 e. The molecular weight excluding hydrogens is 703 g/mol. The van der Waals surface area contributed by atoms with E-state index in [1.165, 1.54) is 49.9 Å². The van der Waals surface area contributed by atoms with Gasteiger partial charge in [-0.25, -0.2) is 9.07 Å². The number of carbonyl (C=O) groups is 2. The fraction of sp³-hybridized carbons (Fsp3) is 0.387. The highest BCUT2D eigenvalue weighted by molar-refractivity contribution is 6.32. The number of hydrogen-bond donors (Lipinski definition) is 2. The van der Waals surface area contributed by atoms with Gasteiger partial charge in [-0.1, -0.05) is 11.6 Å². The lowest BCUT2D eigenvalue weighted by Crippen LogP contribution is -2.55. The van der Waals surface area contributed by atoms with Crippen molar-refractivity contribution < 1.29 is 35.9 Å². The third kappa shape index (κ3) is 9.23. The molecule has 0 unspecified atom stereocenters. The van der Waals surface area contributed by atoms with Crippen molar-refractivity contribution in [2.24, 2.45) is 7.05 Å². The molecule has 0 aliphatic heterocycles. The highest BCUT2D eigenvalue weighted by atomic mass is 35.5. The van der Waals surface area contributed by atoms with E-state index in [0.29, 0.717) is 11.1 Å². The molecule has 0 bridgehead atoms. The summed E-state index contributed by atoms with van der Waals surface area (Å²) in [6, 6.07) is 4.07. The van der Waals surface area contributed by atoms with Crippen molar-refractivity contribution in [2.45, 2.75) is 64.0 Å². The molecule has 1 aromatic carbocycles. The molecule has 18 heteroatoms. The van der Waals surface area contributed by atoms with Crippen molar-refractivity contribution >= 4 is 35.0 Å². The van der Waals surface area contributed by atoms with E-state index in [9.17, 15) is 36.3 Å². The Balaban J connectivity index is 1.66. The van der Waals surface area contributed by atoms with Crippen LogP contribution in [0.15, 0.2) is 53.7 Å². The maximum Gasteiger partial charge on any atom is 0.435 e. The molecule has 10 nitrogen and oxygen atoms in total. The number of pyridine rings is 1. The minimum Gasteiger partial charge on any atom is -0.348 e. The Morgan fingerprint density at radius 2 is 1.80 bits per heavy atom. The molecule has 0 radical (unpaired) electrons. The molecule has 4 rings (SSSR count). The van der Waals surface area contributed by atoms with Gasteiger partial charge in [0.1, 0.15) is 11.9 Å². The molecule has 0 fully saturated rings. The van der Waals surface area contributed by atoms with Crippen molar-refractivity contribution in [3.63, 3.8) is 0 Å². The fourth-order valence-corrected chi connectivity index (χ4v) is 5.47. The van der Waals surface area contributed by atoms with Gasteiger partial charge in [0.15, 0.2) is 5.69 Å². The second-order valence-electron chi connectivity index (χ2n) is 11.8. The molecular formula is C31H31Cl2F6N7O3. The minimum absolute atomic E-state index is 0.00424. The summed E-state index contributed by atoms with van der Waals surface area (Å²) >= 11 is 12.1. The SMILES string of the molecule is Cn1cc(-c2cc(C(F)(F)F)nn2CC(C)(C)NC(=O)[C@@H](Cc2cnn(C(F)F)c2)NC(=O)c2c(F)ccc(Cl)c2CCCCl)ccc1=O. The Labute approximate surface area is 286 Å². The summed E-state index contributed by atoms with van der Waals surface area (Å²) < 4.78 is 85.2. The van der Waals surface area contributed by atoms with Crippen LogP contribution >= 0.6 is 23.2 Å². The molecule has 0 spiro atoms. The first-order chi connectivity index (χ1) is 22.9. The first-order valence-electron chi connectivity index (χ1n) is 14.7. The maximum absolute atomic E-state index is 15.0. The molecule has 3 heterocycles. The van der Waals surface area contributed by atoms with E-state index >= 15 is 4.39 Å². The van der Waals surface area contributed by atoms with Crippen LogP contribution < -0.4 is 16.2 Å². The van der Waals surface area contributed by atoms with Crippen molar-refractivity contribution in [3.05, 3.63) is 92.5 Å². The number of halogens is 8. The Morgan fingerprint density at radius 3 is 2.41 bits per heavy atom. The number of carbonyl (C=O) groups excluding carboxylic acids is 2. The van der Waals surface area contributed by atoms with Crippen LogP contribution in [0, 0.1) is 5.82 Å². The minimum atomic E-state index is -4.82. The van der Waals surface area contributed by atoms with Crippen molar-refractivity contribution in [1.29, 1.82) is 0 Å². The normalized spacial score (nSPS) is 12.7. The molecule has 0 aliphatic carbocycles. The number of alkyl halides is 6. The Bertz CT molecular complexity index is 1890. The number of nitrogens with one attached hydrogen (secondary N) is 2. The Hall–Kier alpha value is -4.31. The summed E-state index contributed by atoms with van der Waals surface area (Å²) in [5.74, 6) is -2.64. The largest absolute Gasteiger partial charge is 0.435 e. The topological polar surface area (TPSA) is 116 Å². The lowest BCUT2D eigenvalue weighted by molar-refractivity contribution is -0.141. The number of aromatic nitrogens is 5. The summed E-state index contributed by atoms with van der Waals surface area (Å²) in [5, 5.41) is 12.5. The molecule has 1 atom stereocenters. The average molecular weight is 735 g/mol. The van der Waals surface area contributed by atoms with Crippen LogP contribution in [0.5, 0.6) is 0 Å². The molecule has 2 N–H and O–H groups in total. The van der Waals surface area contributed by atoms with Crippen LogP contribution in [0.3, 0.4) is 0 Å². The highest BCUT2D eigenvalue weighted by Crippen LogP contribution is 2.32. The number of amides is 2. The van der Waals surface area contributed by atoms with Crippen molar-refractivity contribution in [2.75, 3.05) is 5.88 Å². The number of hydrogen-bond acceptors (Lipinski definition) is 5. The monoisotopic (exact) mass is 733 g/mol. The molecule has 0 aliphatic rings. The third-order valence-electron chi connectivity index (χ3n) is 7.37. The maximum atomic E-state index is 15.0. The van der Waals surface area contributed by atoms with Crippen LogP contribution in [-0.2, 0) is 37.4 Å². The van der Waals surface area contributed by atoms with E-state index in [1.807, 2.05) is 0 Å². The van der Waals surface area contributed by atoms with E-state index in [-0.39, 0.29) is 52.7 Å². The van der Waals surface area contributed by atoms with E-state index in [0.717, 1.165) is 29.2 Å². The zero-order valence-electron chi connectivity index (χ0n) is 26.3. The zero-order valence-corrected chi connectivity index (χ0v) is 27.8. The number of benzene rings is 1.